The van der Waals surface area contributed by atoms with E-state index >= 15 is 0 Å². The predicted octanol–water partition coefficient (Wildman–Crippen LogP) is 0.966. The number of hydrogen-bond donors (Lipinski definition) is 1. The quantitative estimate of drug-likeness (QED) is 0.683. The summed E-state index contributed by atoms with van der Waals surface area (Å²) in [7, 11) is -3.58. The molecule has 0 amide bonds. The first-order chi connectivity index (χ1) is 13.4. The van der Waals surface area contributed by atoms with Gasteiger partial charge in [0, 0.05) is 43.0 Å². The van der Waals surface area contributed by atoms with E-state index in [9.17, 15) is 13.2 Å². The number of aromatic amines is 1. The zero-order valence-corrected chi connectivity index (χ0v) is 16.3. The third kappa shape index (κ3) is 3.25. The SMILES string of the molecule is Cc1n[nH]c(C)c1S(=O)(=O)N1CC(Cn2nc(-c3ccncc3)ccc2=O)C1. The maximum absolute atomic E-state index is 12.8. The summed E-state index contributed by atoms with van der Waals surface area (Å²) >= 11 is 0. The highest BCUT2D eigenvalue weighted by Gasteiger charge is 2.39. The van der Waals surface area contributed by atoms with Crippen LogP contribution in [-0.2, 0) is 16.6 Å². The molecule has 0 spiro atoms. The summed E-state index contributed by atoms with van der Waals surface area (Å²) in [4.78, 5) is 16.4. The van der Waals surface area contributed by atoms with Crippen LogP contribution in [0.2, 0.25) is 0 Å². The van der Waals surface area contributed by atoms with Crippen LogP contribution in [-0.4, -0.2) is 50.8 Å². The summed E-state index contributed by atoms with van der Waals surface area (Å²) in [5.41, 5.74) is 2.33. The van der Waals surface area contributed by atoms with Gasteiger partial charge in [0.2, 0.25) is 10.0 Å². The molecule has 4 heterocycles. The Labute approximate surface area is 162 Å². The molecular weight excluding hydrogens is 380 g/mol. The average molecular weight is 400 g/mol. The summed E-state index contributed by atoms with van der Waals surface area (Å²) in [5, 5.41) is 11.1. The molecule has 0 bridgehead atoms. The molecule has 28 heavy (non-hydrogen) atoms. The van der Waals surface area contributed by atoms with E-state index in [0.717, 1.165) is 5.56 Å². The van der Waals surface area contributed by atoms with Gasteiger partial charge < -0.3 is 0 Å². The molecule has 0 saturated carbocycles. The Balaban J connectivity index is 1.49. The topological polar surface area (TPSA) is 114 Å². The lowest BCUT2D eigenvalue weighted by atomic mass is 10.0. The van der Waals surface area contributed by atoms with Crippen LogP contribution < -0.4 is 5.56 Å². The van der Waals surface area contributed by atoms with E-state index in [0.29, 0.717) is 36.7 Å². The minimum absolute atomic E-state index is 0.0279. The Morgan fingerprint density at radius 3 is 2.50 bits per heavy atom. The zero-order valence-electron chi connectivity index (χ0n) is 15.5. The fourth-order valence-corrected chi connectivity index (χ4v) is 5.31. The maximum Gasteiger partial charge on any atom is 0.266 e. The van der Waals surface area contributed by atoms with Crippen LogP contribution in [0.25, 0.3) is 11.3 Å². The van der Waals surface area contributed by atoms with Crippen molar-refractivity contribution in [3.63, 3.8) is 0 Å². The normalized spacial score (nSPS) is 15.5. The molecule has 1 fully saturated rings. The van der Waals surface area contributed by atoms with Crippen LogP contribution in [0.1, 0.15) is 11.4 Å². The number of pyridine rings is 1. The lowest BCUT2D eigenvalue weighted by Crippen LogP contribution is -2.52. The van der Waals surface area contributed by atoms with Crippen LogP contribution in [0, 0.1) is 19.8 Å². The molecule has 0 radical (unpaired) electrons. The van der Waals surface area contributed by atoms with Gasteiger partial charge in [0.05, 0.1) is 23.6 Å². The van der Waals surface area contributed by atoms with Crippen LogP contribution in [0.3, 0.4) is 0 Å². The van der Waals surface area contributed by atoms with Crippen LogP contribution in [0.15, 0.2) is 46.3 Å². The number of nitrogens with zero attached hydrogens (tertiary/aromatic N) is 5. The Bertz CT molecular complexity index is 1140. The van der Waals surface area contributed by atoms with Gasteiger partial charge in [-0.1, -0.05) is 0 Å². The molecule has 3 aromatic heterocycles. The first-order valence-corrected chi connectivity index (χ1v) is 10.3. The minimum Gasteiger partial charge on any atom is -0.281 e. The molecule has 3 aromatic rings. The van der Waals surface area contributed by atoms with E-state index in [1.807, 2.05) is 12.1 Å². The molecule has 9 nitrogen and oxygen atoms in total. The van der Waals surface area contributed by atoms with E-state index in [4.69, 9.17) is 0 Å². The average Bonchev–Trinajstić information content (AvgIpc) is 2.99. The van der Waals surface area contributed by atoms with E-state index in [2.05, 4.69) is 20.3 Å². The highest BCUT2D eigenvalue weighted by atomic mass is 32.2. The molecule has 10 heteroatoms. The second-order valence-electron chi connectivity index (χ2n) is 6.93. The van der Waals surface area contributed by atoms with Gasteiger partial charge in [-0.2, -0.15) is 14.5 Å². The fourth-order valence-electron chi connectivity index (χ4n) is 3.38. The maximum atomic E-state index is 12.8. The number of nitrogens with one attached hydrogen (secondary N) is 1. The Kier molecular flexibility index (Phi) is 4.60. The first kappa shape index (κ1) is 18.5. The van der Waals surface area contributed by atoms with Gasteiger partial charge in [0.15, 0.2) is 0 Å². The van der Waals surface area contributed by atoms with E-state index < -0.39 is 10.0 Å². The van der Waals surface area contributed by atoms with Crippen molar-refractivity contribution in [3.05, 3.63) is 58.4 Å². The van der Waals surface area contributed by atoms with Crippen molar-refractivity contribution in [1.29, 1.82) is 0 Å². The number of aryl methyl sites for hydroxylation is 2. The van der Waals surface area contributed by atoms with Crippen LogP contribution >= 0.6 is 0 Å². The van der Waals surface area contributed by atoms with Crippen molar-refractivity contribution < 1.29 is 8.42 Å². The zero-order chi connectivity index (χ0) is 19.9. The Morgan fingerprint density at radius 2 is 1.86 bits per heavy atom. The minimum atomic E-state index is -3.58. The van der Waals surface area contributed by atoms with Gasteiger partial charge in [0.1, 0.15) is 4.90 Å². The summed E-state index contributed by atoms with van der Waals surface area (Å²) in [5.74, 6) is 0.0279. The molecule has 1 aliphatic rings. The molecule has 0 atom stereocenters. The van der Waals surface area contributed by atoms with Crippen LogP contribution in [0.5, 0.6) is 0 Å². The Hall–Kier alpha value is -2.85. The number of rotatable bonds is 5. The van der Waals surface area contributed by atoms with Gasteiger partial charge in [-0.05, 0) is 32.0 Å². The van der Waals surface area contributed by atoms with Crippen molar-refractivity contribution in [1.82, 2.24) is 29.3 Å². The van der Waals surface area contributed by atoms with Gasteiger partial charge in [0.25, 0.3) is 5.56 Å². The molecule has 0 unspecified atom stereocenters. The lowest BCUT2D eigenvalue weighted by Gasteiger charge is -2.38. The number of hydrogen-bond acceptors (Lipinski definition) is 6. The number of aromatic nitrogens is 5. The molecule has 0 aliphatic carbocycles. The Morgan fingerprint density at radius 1 is 1.14 bits per heavy atom. The molecule has 146 valence electrons. The summed E-state index contributed by atoms with van der Waals surface area (Å²) in [6, 6.07) is 6.80. The van der Waals surface area contributed by atoms with E-state index in [1.165, 1.54) is 15.1 Å². The van der Waals surface area contributed by atoms with Crippen LogP contribution in [0.4, 0.5) is 0 Å². The molecule has 1 saturated heterocycles. The van der Waals surface area contributed by atoms with E-state index in [-0.39, 0.29) is 16.4 Å². The lowest BCUT2D eigenvalue weighted by molar-refractivity contribution is 0.172. The van der Waals surface area contributed by atoms with E-state index in [1.54, 1.807) is 32.3 Å². The molecule has 4 rings (SSSR count). The standard InChI is InChI=1S/C18H20N6O3S/c1-12-18(13(2)21-20-12)28(26,27)23-9-14(10-23)11-24-17(25)4-3-16(22-24)15-5-7-19-8-6-15/h3-8,14H,9-11H2,1-2H3,(H,20,21). The van der Waals surface area contributed by atoms with Gasteiger partial charge in [-0.3, -0.25) is 14.9 Å². The third-order valence-electron chi connectivity index (χ3n) is 4.86. The summed E-state index contributed by atoms with van der Waals surface area (Å²) in [6.45, 7) is 4.42. The number of sulfonamides is 1. The molecule has 1 aliphatic heterocycles. The van der Waals surface area contributed by atoms with Gasteiger partial charge in [-0.25, -0.2) is 13.1 Å². The summed E-state index contributed by atoms with van der Waals surface area (Å²) in [6.07, 6.45) is 3.34. The predicted molar refractivity (Wildman–Crippen MR) is 102 cm³/mol. The van der Waals surface area contributed by atoms with Crippen molar-refractivity contribution in [2.75, 3.05) is 13.1 Å². The molecule has 1 N–H and O–H groups in total. The number of H-pyrrole nitrogens is 1. The molecular formula is C18H20N6O3S. The van der Waals surface area contributed by atoms with Crippen molar-refractivity contribution in [2.24, 2.45) is 5.92 Å². The second kappa shape index (κ2) is 6.95. The van der Waals surface area contributed by atoms with Gasteiger partial charge in [-0.15, -0.1) is 0 Å². The van der Waals surface area contributed by atoms with Crippen molar-refractivity contribution in [2.45, 2.75) is 25.3 Å². The fraction of sp³-hybridized carbons (Fsp3) is 0.333. The highest BCUT2D eigenvalue weighted by Crippen LogP contribution is 2.28. The molecule has 0 aromatic carbocycles. The monoisotopic (exact) mass is 400 g/mol. The summed E-state index contributed by atoms with van der Waals surface area (Å²) < 4.78 is 28.4. The van der Waals surface area contributed by atoms with Crippen molar-refractivity contribution in [3.8, 4) is 11.3 Å². The van der Waals surface area contributed by atoms with Gasteiger partial charge >= 0.3 is 0 Å². The van der Waals surface area contributed by atoms with Crippen molar-refractivity contribution >= 4 is 10.0 Å². The largest absolute Gasteiger partial charge is 0.281 e. The third-order valence-corrected chi connectivity index (χ3v) is 6.95. The smallest absolute Gasteiger partial charge is 0.266 e. The second-order valence-corrected chi connectivity index (χ2v) is 8.80. The highest BCUT2D eigenvalue weighted by molar-refractivity contribution is 7.89. The first-order valence-electron chi connectivity index (χ1n) is 8.86.